The molecule has 1 saturated heterocycles. The topological polar surface area (TPSA) is 103 Å². The Labute approximate surface area is 198 Å². The minimum Gasteiger partial charge on any atom is -0.444 e. The molecule has 1 aliphatic rings. The van der Waals surface area contributed by atoms with Crippen LogP contribution in [0.2, 0.25) is 0 Å². The highest BCUT2D eigenvalue weighted by Crippen LogP contribution is 2.20. The van der Waals surface area contributed by atoms with Gasteiger partial charge in [-0.05, 0) is 65.8 Å². The molecule has 0 unspecified atom stereocenters. The quantitative estimate of drug-likeness (QED) is 0.662. The van der Waals surface area contributed by atoms with Gasteiger partial charge < -0.3 is 19.3 Å². The van der Waals surface area contributed by atoms with Crippen LogP contribution < -0.4 is 16.1 Å². The van der Waals surface area contributed by atoms with Crippen LogP contribution in [-0.4, -0.2) is 63.6 Å². The number of aromatic nitrogens is 2. The highest BCUT2D eigenvalue weighted by Gasteiger charge is 2.26. The molecule has 2 aromatic rings. The van der Waals surface area contributed by atoms with Crippen molar-refractivity contribution in [3.05, 3.63) is 57.4 Å². The van der Waals surface area contributed by atoms with Crippen molar-refractivity contribution in [3.63, 3.8) is 0 Å². The van der Waals surface area contributed by atoms with Crippen LogP contribution in [0.1, 0.15) is 41.5 Å². The summed E-state index contributed by atoms with van der Waals surface area (Å²) in [5.74, 6) is 0. The molecule has 0 saturated carbocycles. The van der Waals surface area contributed by atoms with Crippen LogP contribution in [-0.2, 0) is 9.47 Å². The molecule has 0 radical (unpaired) electrons. The van der Waals surface area contributed by atoms with Gasteiger partial charge in [0.05, 0.1) is 5.69 Å². The fraction of sp³-hybridized carbons (Fsp3) is 0.500. The van der Waals surface area contributed by atoms with Crippen LogP contribution in [0, 0.1) is 0 Å². The molecule has 0 bridgehead atoms. The first-order valence-corrected chi connectivity index (χ1v) is 11.2. The fourth-order valence-electron chi connectivity index (χ4n) is 3.45. The zero-order chi connectivity index (χ0) is 25.3. The summed E-state index contributed by atoms with van der Waals surface area (Å²) in [7, 11) is 0. The van der Waals surface area contributed by atoms with Gasteiger partial charge in [-0.2, -0.15) is 4.57 Å². The van der Waals surface area contributed by atoms with Gasteiger partial charge in [-0.15, -0.1) is 0 Å². The number of nitrogens with zero attached hydrogens (tertiary/aromatic N) is 4. The zero-order valence-electron chi connectivity index (χ0n) is 20.5. The predicted octanol–water partition coefficient (Wildman–Crippen LogP) is 2.84. The van der Waals surface area contributed by atoms with Crippen molar-refractivity contribution in [2.24, 2.45) is 0 Å². The lowest BCUT2D eigenvalue weighted by Gasteiger charge is -2.36. The van der Waals surface area contributed by atoms with Crippen molar-refractivity contribution in [2.75, 3.05) is 31.1 Å². The SMILES string of the molecule is CC(C)(C)OC(=O)N1CCN(c2ccc(-n3ccc(=O)n(C(=O)OC(C)(C)C)c3=O)cc2)CC1. The Kier molecular flexibility index (Phi) is 6.90. The molecular formula is C24H32N4O6. The van der Waals surface area contributed by atoms with Gasteiger partial charge in [0.2, 0.25) is 0 Å². The molecular weight excluding hydrogens is 440 g/mol. The first-order chi connectivity index (χ1) is 15.7. The van der Waals surface area contributed by atoms with Crippen LogP contribution in [0.15, 0.2) is 46.1 Å². The molecule has 0 N–H and O–H groups in total. The summed E-state index contributed by atoms with van der Waals surface area (Å²) in [6.45, 7) is 12.9. The van der Waals surface area contributed by atoms with Crippen LogP contribution in [0.4, 0.5) is 15.3 Å². The summed E-state index contributed by atoms with van der Waals surface area (Å²) in [4.78, 5) is 53.5. The minimum absolute atomic E-state index is 0.318. The first-order valence-electron chi connectivity index (χ1n) is 11.2. The number of hydrogen-bond acceptors (Lipinski definition) is 7. The first kappa shape index (κ1) is 25.1. The van der Waals surface area contributed by atoms with E-state index in [0.29, 0.717) is 36.4 Å². The van der Waals surface area contributed by atoms with E-state index in [1.54, 1.807) is 37.8 Å². The van der Waals surface area contributed by atoms with E-state index in [-0.39, 0.29) is 6.09 Å². The summed E-state index contributed by atoms with van der Waals surface area (Å²) in [6.07, 6.45) is -0.00142. The predicted molar refractivity (Wildman–Crippen MR) is 128 cm³/mol. The molecule has 1 aromatic carbocycles. The van der Waals surface area contributed by atoms with E-state index in [2.05, 4.69) is 4.90 Å². The zero-order valence-corrected chi connectivity index (χ0v) is 20.5. The molecule has 0 aliphatic carbocycles. The van der Waals surface area contributed by atoms with Crippen LogP contribution >= 0.6 is 0 Å². The standard InChI is InChI=1S/C24H32N4O6/c1-23(2,3)33-21(31)26-15-13-25(14-16-26)17-7-9-18(10-8-17)27-12-11-19(29)28(20(27)30)22(32)34-24(4,5)6/h7-12H,13-16H2,1-6H3. The molecule has 10 nitrogen and oxygen atoms in total. The molecule has 1 aliphatic heterocycles. The Bertz CT molecular complexity index is 1160. The van der Waals surface area contributed by atoms with Crippen molar-refractivity contribution in [2.45, 2.75) is 52.7 Å². The number of piperazine rings is 1. The van der Waals surface area contributed by atoms with Gasteiger partial charge in [-0.3, -0.25) is 9.36 Å². The number of amides is 1. The summed E-state index contributed by atoms with van der Waals surface area (Å²) in [5.41, 5.74) is -1.51. The monoisotopic (exact) mass is 472 g/mol. The number of hydrogen-bond donors (Lipinski definition) is 0. The van der Waals surface area contributed by atoms with Crippen LogP contribution in [0.5, 0.6) is 0 Å². The lowest BCUT2D eigenvalue weighted by Crippen LogP contribution is -2.50. The van der Waals surface area contributed by atoms with E-state index in [9.17, 15) is 19.2 Å². The van der Waals surface area contributed by atoms with Gasteiger partial charge in [0.1, 0.15) is 11.2 Å². The Balaban J connectivity index is 1.74. The number of carbonyl (C=O) groups is 2. The summed E-state index contributed by atoms with van der Waals surface area (Å²) >= 11 is 0. The van der Waals surface area contributed by atoms with Gasteiger partial charge in [0.25, 0.3) is 5.56 Å². The van der Waals surface area contributed by atoms with E-state index in [1.807, 2.05) is 32.9 Å². The molecule has 2 heterocycles. The molecule has 1 aromatic heterocycles. The van der Waals surface area contributed by atoms with E-state index < -0.39 is 28.5 Å². The molecule has 10 heteroatoms. The average Bonchev–Trinajstić information content (AvgIpc) is 2.72. The van der Waals surface area contributed by atoms with Gasteiger partial charge in [-0.1, -0.05) is 0 Å². The largest absolute Gasteiger partial charge is 0.444 e. The van der Waals surface area contributed by atoms with Crippen molar-refractivity contribution in [3.8, 4) is 5.69 Å². The maximum atomic E-state index is 12.9. The fourth-order valence-corrected chi connectivity index (χ4v) is 3.45. The molecule has 1 fully saturated rings. The summed E-state index contributed by atoms with van der Waals surface area (Å²) in [5, 5.41) is 0. The second-order valence-electron chi connectivity index (χ2n) is 10.1. The van der Waals surface area contributed by atoms with Crippen LogP contribution in [0.3, 0.4) is 0 Å². The maximum Gasteiger partial charge on any atom is 0.425 e. The molecule has 0 spiro atoms. The number of carbonyl (C=O) groups excluding carboxylic acids is 2. The Morgan fingerprint density at radius 3 is 1.76 bits per heavy atom. The number of rotatable bonds is 2. The summed E-state index contributed by atoms with van der Waals surface area (Å²) < 4.78 is 12.3. The number of ether oxygens (including phenoxy) is 2. The van der Waals surface area contributed by atoms with Crippen molar-refractivity contribution in [1.29, 1.82) is 0 Å². The van der Waals surface area contributed by atoms with Crippen molar-refractivity contribution < 1.29 is 19.1 Å². The Morgan fingerprint density at radius 2 is 1.24 bits per heavy atom. The highest BCUT2D eigenvalue weighted by atomic mass is 16.6. The van der Waals surface area contributed by atoms with Gasteiger partial charge >= 0.3 is 17.9 Å². The van der Waals surface area contributed by atoms with Crippen LogP contribution in [0.25, 0.3) is 5.69 Å². The smallest absolute Gasteiger partial charge is 0.425 e. The normalized spacial score (nSPS) is 14.6. The third-order valence-electron chi connectivity index (χ3n) is 4.98. The Morgan fingerprint density at radius 1 is 0.735 bits per heavy atom. The highest BCUT2D eigenvalue weighted by molar-refractivity contribution is 5.70. The van der Waals surface area contributed by atoms with Gasteiger partial charge in [0, 0.05) is 44.1 Å². The van der Waals surface area contributed by atoms with Crippen molar-refractivity contribution >= 4 is 17.9 Å². The second-order valence-corrected chi connectivity index (χ2v) is 10.1. The average molecular weight is 473 g/mol. The number of anilines is 1. The van der Waals surface area contributed by atoms with Gasteiger partial charge in [-0.25, -0.2) is 14.4 Å². The van der Waals surface area contributed by atoms with E-state index in [0.717, 1.165) is 11.8 Å². The maximum absolute atomic E-state index is 12.9. The van der Waals surface area contributed by atoms with E-state index >= 15 is 0 Å². The Hall–Kier alpha value is -3.56. The molecule has 3 rings (SSSR count). The summed E-state index contributed by atoms with van der Waals surface area (Å²) in [6, 6.07) is 8.33. The number of benzene rings is 1. The third-order valence-corrected chi connectivity index (χ3v) is 4.98. The van der Waals surface area contributed by atoms with Crippen molar-refractivity contribution in [1.82, 2.24) is 14.0 Å². The van der Waals surface area contributed by atoms with E-state index in [1.165, 1.54) is 10.8 Å². The molecule has 0 atom stereocenters. The second kappa shape index (κ2) is 9.36. The lowest BCUT2D eigenvalue weighted by molar-refractivity contribution is 0.0240. The lowest BCUT2D eigenvalue weighted by atomic mass is 10.2. The van der Waals surface area contributed by atoms with Gasteiger partial charge in [0.15, 0.2) is 0 Å². The minimum atomic E-state index is -1.02. The van der Waals surface area contributed by atoms with E-state index in [4.69, 9.17) is 9.47 Å². The molecule has 1 amide bonds. The molecule has 34 heavy (non-hydrogen) atoms. The third kappa shape index (κ3) is 6.06. The molecule has 184 valence electrons.